The molecule has 25 heavy (non-hydrogen) atoms. The molecule has 2 heterocycles. The van der Waals surface area contributed by atoms with E-state index in [9.17, 15) is 4.79 Å². The minimum Gasteiger partial charge on any atom is -0.497 e. The van der Waals surface area contributed by atoms with Crippen molar-refractivity contribution in [1.82, 2.24) is 14.4 Å². The normalized spacial score (nSPS) is 14.3. The number of aromatic nitrogens is 1. The first-order valence-corrected chi connectivity index (χ1v) is 8.46. The molecule has 0 fully saturated rings. The van der Waals surface area contributed by atoms with Gasteiger partial charge in [-0.15, -0.1) is 0 Å². The van der Waals surface area contributed by atoms with Crippen LogP contribution in [0.1, 0.15) is 16.8 Å². The number of carbonyl (C=O) groups excluding carboxylic acids is 1. The van der Waals surface area contributed by atoms with Gasteiger partial charge in [0.2, 0.25) is 0 Å². The molecule has 0 aliphatic carbocycles. The molecule has 1 aromatic heterocycles. The molecule has 0 N–H and O–H groups in total. The predicted octanol–water partition coefficient (Wildman–Crippen LogP) is 3.13. The molecule has 3 rings (SSSR count). The van der Waals surface area contributed by atoms with Crippen LogP contribution in [0.5, 0.6) is 5.75 Å². The number of ether oxygens (including phenoxy) is 1. The van der Waals surface area contributed by atoms with Crippen LogP contribution in [0, 0.1) is 0 Å². The lowest BCUT2D eigenvalue weighted by atomic mass is 10.1. The van der Waals surface area contributed by atoms with E-state index >= 15 is 0 Å². The highest BCUT2D eigenvalue weighted by Crippen LogP contribution is 2.28. The number of allylic oxidation sites excluding steroid dienone is 2. The summed E-state index contributed by atoms with van der Waals surface area (Å²) >= 11 is 0. The van der Waals surface area contributed by atoms with E-state index in [1.54, 1.807) is 11.7 Å². The van der Waals surface area contributed by atoms with E-state index in [-0.39, 0.29) is 5.91 Å². The van der Waals surface area contributed by atoms with E-state index in [4.69, 9.17) is 4.74 Å². The monoisotopic (exact) mass is 339 g/mol. The third-order valence-corrected chi connectivity index (χ3v) is 4.45. The van der Waals surface area contributed by atoms with Gasteiger partial charge in [0.15, 0.2) is 0 Å². The number of hydrogen-bond donors (Lipinski definition) is 0. The van der Waals surface area contributed by atoms with Crippen molar-refractivity contribution in [2.45, 2.75) is 12.8 Å². The van der Waals surface area contributed by atoms with Crippen molar-refractivity contribution in [3.05, 3.63) is 54.0 Å². The third-order valence-electron chi connectivity index (χ3n) is 4.45. The molecule has 5 nitrogen and oxygen atoms in total. The van der Waals surface area contributed by atoms with Crippen molar-refractivity contribution in [2.24, 2.45) is 0 Å². The highest BCUT2D eigenvalue weighted by Gasteiger charge is 2.18. The lowest BCUT2D eigenvalue weighted by Crippen LogP contribution is -2.17. The first kappa shape index (κ1) is 17.3. The zero-order chi connectivity index (χ0) is 18.0. The average Bonchev–Trinajstić information content (AvgIpc) is 2.97. The van der Waals surface area contributed by atoms with Crippen LogP contribution >= 0.6 is 0 Å². The van der Waals surface area contributed by atoms with E-state index in [2.05, 4.69) is 19.0 Å². The van der Waals surface area contributed by atoms with Gasteiger partial charge >= 0.3 is 0 Å². The maximum atomic E-state index is 13.1. The summed E-state index contributed by atoms with van der Waals surface area (Å²) in [7, 11) is 7.71. The standard InChI is InChI=1S/C20H25N3O2/c1-21(2)11-9-15-14-23(19-8-7-17(25-4)12-18(15)19)20(24)16-6-5-10-22(3)13-16/h5,7-8,10,12-14H,6,9,11H2,1-4H3. The van der Waals surface area contributed by atoms with Gasteiger partial charge in [0.1, 0.15) is 5.75 Å². The summed E-state index contributed by atoms with van der Waals surface area (Å²) < 4.78 is 7.15. The summed E-state index contributed by atoms with van der Waals surface area (Å²) in [6, 6.07) is 5.89. The Labute approximate surface area is 148 Å². The Morgan fingerprint density at radius 1 is 1.32 bits per heavy atom. The molecular weight excluding hydrogens is 314 g/mol. The molecule has 0 saturated heterocycles. The number of methoxy groups -OCH3 is 1. The zero-order valence-electron chi connectivity index (χ0n) is 15.3. The highest BCUT2D eigenvalue weighted by molar-refractivity contribution is 6.03. The largest absolute Gasteiger partial charge is 0.497 e. The van der Waals surface area contributed by atoms with Gasteiger partial charge in [-0.1, -0.05) is 6.08 Å². The van der Waals surface area contributed by atoms with Gasteiger partial charge in [0, 0.05) is 36.9 Å². The second kappa shape index (κ2) is 7.15. The summed E-state index contributed by atoms with van der Waals surface area (Å²) in [5.74, 6) is 0.839. The topological polar surface area (TPSA) is 37.7 Å². The third kappa shape index (κ3) is 3.61. The van der Waals surface area contributed by atoms with Crippen LogP contribution < -0.4 is 4.74 Å². The summed E-state index contributed by atoms with van der Waals surface area (Å²) in [5, 5.41) is 1.08. The molecule has 0 atom stereocenters. The maximum absolute atomic E-state index is 13.1. The van der Waals surface area contributed by atoms with E-state index < -0.39 is 0 Å². The van der Waals surface area contributed by atoms with Crippen molar-refractivity contribution in [3.63, 3.8) is 0 Å². The lowest BCUT2D eigenvalue weighted by Gasteiger charge is -2.16. The van der Waals surface area contributed by atoms with Gasteiger partial charge in [0.05, 0.1) is 12.6 Å². The summed E-state index contributed by atoms with van der Waals surface area (Å²) in [5.41, 5.74) is 2.88. The molecule has 0 spiro atoms. The lowest BCUT2D eigenvalue weighted by molar-refractivity contribution is 0.0955. The average molecular weight is 339 g/mol. The molecule has 0 radical (unpaired) electrons. The van der Waals surface area contributed by atoms with Gasteiger partial charge in [-0.05, 0) is 56.9 Å². The molecule has 1 aromatic carbocycles. The number of carbonyl (C=O) groups is 1. The summed E-state index contributed by atoms with van der Waals surface area (Å²) in [6.07, 6.45) is 9.40. The molecular formula is C20H25N3O2. The summed E-state index contributed by atoms with van der Waals surface area (Å²) in [6.45, 7) is 0.929. The van der Waals surface area contributed by atoms with E-state index in [0.717, 1.165) is 40.8 Å². The molecule has 0 saturated carbocycles. The number of likely N-dealkylation sites (N-methyl/N-ethyl adjacent to an activating group) is 1. The molecule has 1 aliphatic heterocycles. The van der Waals surface area contributed by atoms with Crippen LogP contribution in [-0.2, 0) is 6.42 Å². The van der Waals surface area contributed by atoms with Gasteiger partial charge < -0.3 is 14.5 Å². The van der Waals surface area contributed by atoms with Gasteiger partial charge in [-0.2, -0.15) is 0 Å². The second-order valence-corrected chi connectivity index (χ2v) is 6.67. The predicted molar refractivity (Wildman–Crippen MR) is 101 cm³/mol. The van der Waals surface area contributed by atoms with Crippen LogP contribution in [0.25, 0.3) is 10.9 Å². The second-order valence-electron chi connectivity index (χ2n) is 6.67. The smallest absolute Gasteiger partial charge is 0.260 e. The minimum atomic E-state index is 0.0301. The van der Waals surface area contributed by atoms with Crippen molar-refractivity contribution >= 4 is 16.8 Å². The molecule has 0 amide bonds. The first-order valence-electron chi connectivity index (χ1n) is 8.46. The quantitative estimate of drug-likeness (QED) is 0.839. The summed E-state index contributed by atoms with van der Waals surface area (Å²) in [4.78, 5) is 17.1. The van der Waals surface area contributed by atoms with E-state index in [1.807, 2.05) is 54.8 Å². The number of rotatable bonds is 5. The Bertz CT molecular complexity index is 846. The fraction of sp³-hybridized carbons (Fsp3) is 0.350. The Morgan fingerprint density at radius 2 is 2.12 bits per heavy atom. The van der Waals surface area contributed by atoms with Crippen LogP contribution in [0.2, 0.25) is 0 Å². The fourth-order valence-electron chi connectivity index (χ4n) is 3.10. The Morgan fingerprint density at radius 3 is 2.80 bits per heavy atom. The molecule has 5 heteroatoms. The van der Waals surface area contributed by atoms with Crippen molar-refractivity contribution in [1.29, 1.82) is 0 Å². The van der Waals surface area contributed by atoms with Crippen LogP contribution in [0.4, 0.5) is 0 Å². The molecule has 0 bridgehead atoms. The maximum Gasteiger partial charge on any atom is 0.260 e. The van der Waals surface area contributed by atoms with Crippen molar-refractivity contribution in [2.75, 3.05) is 34.8 Å². The molecule has 1 aliphatic rings. The number of fused-ring (bicyclic) bond motifs is 1. The van der Waals surface area contributed by atoms with Gasteiger partial charge in [0.25, 0.3) is 5.91 Å². The number of hydrogen-bond acceptors (Lipinski definition) is 4. The van der Waals surface area contributed by atoms with Crippen molar-refractivity contribution in [3.8, 4) is 5.75 Å². The Balaban J connectivity index is 2.04. The van der Waals surface area contributed by atoms with Crippen LogP contribution in [0.15, 0.2) is 48.4 Å². The SMILES string of the molecule is COc1ccc2c(c1)c(CCN(C)C)cn2C(=O)C1=CN(C)C=CC1. The minimum absolute atomic E-state index is 0.0301. The molecule has 132 valence electrons. The van der Waals surface area contributed by atoms with E-state index in [1.165, 1.54) is 0 Å². The van der Waals surface area contributed by atoms with Crippen LogP contribution in [-0.4, -0.2) is 55.1 Å². The van der Waals surface area contributed by atoms with Crippen molar-refractivity contribution < 1.29 is 9.53 Å². The van der Waals surface area contributed by atoms with Gasteiger partial charge in [-0.3, -0.25) is 9.36 Å². The fourth-order valence-corrected chi connectivity index (χ4v) is 3.10. The number of nitrogens with zero attached hydrogens (tertiary/aromatic N) is 3. The Hall–Kier alpha value is -2.53. The zero-order valence-corrected chi connectivity index (χ0v) is 15.3. The highest BCUT2D eigenvalue weighted by atomic mass is 16.5. The molecule has 2 aromatic rings. The Kier molecular flexibility index (Phi) is 4.95. The number of benzene rings is 1. The van der Waals surface area contributed by atoms with E-state index in [0.29, 0.717) is 6.42 Å². The molecule has 0 unspecified atom stereocenters. The van der Waals surface area contributed by atoms with Crippen LogP contribution in [0.3, 0.4) is 0 Å². The van der Waals surface area contributed by atoms with Gasteiger partial charge in [-0.25, -0.2) is 0 Å². The first-order chi connectivity index (χ1) is 12.0.